The predicted octanol–water partition coefficient (Wildman–Crippen LogP) is 18.9. The summed E-state index contributed by atoms with van der Waals surface area (Å²) in [6.07, 6.45) is 16.4. The van der Waals surface area contributed by atoms with Crippen molar-refractivity contribution >= 4 is 79.4 Å². The maximum absolute atomic E-state index is 2.45. The van der Waals surface area contributed by atoms with Crippen LogP contribution in [0.1, 0.15) is 24.0 Å². The maximum atomic E-state index is 2.45. The second-order valence-electron chi connectivity index (χ2n) is 18.4. The van der Waals surface area contributed by atoms with Crippen LogP contribution in [0, 0.1) is 0 Å². The van der Waals surface area contributed by atoms with Crippen LogP contribution < -0.4 is 19.6 Å². The highest BCUT2D eigenvalue weighted by Crippen LogP contribution is 2.44. The van der Waals surface area contributed by atoms with Gasteiger partial charge >= 0.3 is 0 Å². The average Bonchev–Trinajstić information content (AvgIpc) is 3.46. The minimum absolute atomic E-state index is 0.235. The smallest absolute Gasteiger partial charge is 0.0559 e. The second kappa shape index (κ2) is 20.1. The lowest BCUT2D eigenvalue weighted by molar-refractivity contribution is 0.785. The molecule has 0 fully saturated rings. The SMILES string of the molecule is C1=CCC(N(c2ccccc2)c2ccc(N(c3ccc(-c4ccc(N(c5ccc(N(c6ccccc6)c6ccccc6)cc5)c5cccc6ccccc56)cc4)cc3)c3cccc4c3CCC=C4)cc2)C=C1. The number of allylic oxidation sites excluding steroid dienone is 3. The van der Waals surface area contributed by atoms with Crippen molar-refractivity contribution in [2.24, 2.45) is 0 Å². The third-order valence-corrected chi connectivity index (χ3v) is 14.0. The zero-order chi connectivity index (χ0) is 48.1. The number of rotatable bonds is 13. The Morgan fingerprint density at radius 3 is 1.36 bits per heavy atom. The summed E-state index contributed by atoms with van der Waals surface area (Å²) in [5, 5.41) is 2.40. The summed E-state index contributed by atoms with van der Waals surface area (Å²) in [4.78, 5) is 9.58. The van der Waals surface area contributed by atoms with E-state index in [9.17, 15) is 0 Å². The Morgan fingerprint density at radius 1 is 0.333 bits per heavy atom. The van der Waals surface area contributed by atoms with E-state index in [1.165, 1.54) is 39.0 Å². The topological polar surface area (TPSA) is 13.0 Å². The van der Waals surface area contributed by atoms with Crippen LogP contribution >= 0.6 is 0 Å². The third kappa shape index (κ3) is 8.87. The van der Waals surface area contributed by atoms with Gasteiger partial charge in [-0.2, -0.15) is 0 Å². The number of hydrogen-bond acceptors (Lipinski definition) is 4. The van der Waals surface area contributed by atoms with Crippen molar-refractivity contribution in [2.75, 3.05) is 19.6 Å². The molecule has 1 unspecified atom stereocenters. The van der Waals surface area contributed by atoms with Gasteiger partial charge in [-0.25, -0.2) is 0 Å². The van der Waals surface area contributed by atoms with Crippen LogP contribution in [0.15, 0.2) is 279 Å². The first-order valence-corrected chi connectivity index (χ1v) is 25.1. The van der Waals surface area contributed by atoms with Crippen LogP contribution in [-0.4, -0.2) is 6.04 Å². The largest absolute Gasteiger partial charge is 0.334 e. The van der Waals surface area contributed by atoms with E-state index >= 15 is 0 Å². The van der Waals surface area contributed by atoms with Crippen LogP contribution in [0.3, 0.4) is 0 Å². The first-order valence-electron chi connectivity index (χ1n) is 25.1. The average molecular weight is 927 g/mol. The van der Waals surface area contributed by atoms with Gasteiger partial charge in [0.15, 0.2) is 0 Å². The first kappa shape index (κ1) is 44.1. The van der Waals surface area contributed by atoms with Crippen molar-refractivity contribution in [1.29, 1.82) is 0 Å². The highest BCUT2D eigenvalue weighted by Gasteiger charge is 2.23. The lowest BCUT2D eigenvalue weighted by Crippen LogP contribution is -2.29. The monoisotopic (exact) mass is 926 g/mol. The van der Waals surface area contributed by atoms with Gasteiger partial charge in [-0.3, -0.25) is 0 Å². The zero-order valence-corrected chi connectivity index (χ0v) is 40.1. The van der Waals surface area contributed by atoms with Crippen molar-refractivity contribution < 1.29 is 0 Å². The molecule has 4 heteroatoms. The molecule has 0 radical (unpaired) electrons. The van der Waals surface area contributed by atoms with Crippen molar-refractivity contribution in [3.63, 3.8) is 0 Å². The van der Waals surface area contributed by atoms with Gasteiger partial charge in [0.05, 0.1) is 11.7 Å². The van der Waals surface area contributed by atoms with E-state index in [0.717, 1.165) is 75.9 Å². The summed E-state index contributed by atoms with van der Waals surface area (Å²) >= 11 is 0. The van der Waals surface area contributed by atoms with E-state index in [-0.39, 0.29) is 6.04 Å². The summed E-state index contributed by atoms with van der Waals surface area (Å²) in [7, 11) is 0. The van der Waals surface area contributed by atoms with Gasteiger partial charge in [0, 0.05) is 62.3 Å². The Bertz CT molecular complexity index is 3480. The highest BCUT2D eigenvalue weighted by molar-refractivity contribution is 5.99. The Kier molecular flexibility index (Phi) is 12.3. The van der Waals surface area contributed by atoms with E-state index in [0.29, 0.717) is 0 Å². The van der Waals surface area contributed by atoms with E-state index in [4.69, 9.17) is 0 Å². The lowest BCUT2D eigenvalue weighted by Gasteiger charge is -2.33. The van der Waals surface area contributed by atoms with Crippen LogP contribution in [0.25, 0.3) is 28.0 Å². The Morgan fingerprint density at radius 2 is 0.778 bits per heavy atom. The van der Waals surface area contributed by atoms with Crippen molar-refractivity contribution in [3.8, 4) is 11.1 Å². The molecule has 72 heavy (non-hydrogen) atoms. The Balaban J connectivity index is 0.883. The molecular weight excluding hydrogens is 873 g/mol. The molecule has 1 atom stereocenters. The Hall–Kier alpha value is -9.12. The summed E-state index contributed by atoms with van der Waals surface area (Å²) in [6.45, 7) is 0. The second-order valence-corrected chi connectivity index (χ2v) is 18.4. The molecule has 346 valence electrons. The molecule has 2 aliphatic carbocycles. The molecule has 4 nitrogen and oxygen atoms in total. The molecule has 0 saturated heterocycles. The molecule has 0 aliphatic heterocycles. The van der Waals surface area contributed by atoms with Crippen LogP contribution in [0.4, 0.5) is 62.6 Å². The number of benzene rings is 10. The summed E-state index contributed by atoms with van der Waals surface area (Å²) in [5.41, 5.74) is 17.4. The molecule has 0 N–H and O–H groups in total. The molecule has 0 aromatic heterocycles. The summed E-state index contributed by atoms with van der Waals surface area (Å²) < 4.78 is 0. The predicted molar refractivity (Wildman–Crippen MR) is 306 cm³/mol. The zero-order valence-electron chi connectivity index (χ0n) is 40.1. The van der Waals surface area contributed by atoms with Gasteiger partial charge < -0.3 is 19.6 Å². The third-order valence-electron chi connectivity index (χ3n) is 14.0. The van der Waals surface area contributed by atoms with Crippen molar-refractivity contribution in [3.05, 3.63) is 290 Å². The van der Waals surface area contributed by atoms with Crippen LogP contribution in [0.5, 0.6) is 0 Å². The van der Waals surface area contributed by atoms with Crippen LogP contribution in [-0.2, 0) is 6.42 Å². The molecule has 2 aliphatic rings. The van der Waals surface area contributed by atoms with E-state index in [1.807, 2.05) is 0 Å². The summed E-state index contributed by atoms with van der Waals surface area (Å²) in [6, 6.07) is 90.3. The minimum Gasteiger partial charge on any atom is -0.334 e. The summed E-state index contributed by atoms with van der Waals surface area (Å²) in [5.74, 6) is 0. The van der Waals surface area contributed by atoms with Gasteiger partial charge in [0.25, 0.3) is 0 Å². The number of hydrogen-bond donors (Lipinski definition) is 0. The fourth-order valence-corrected chi connectivity index (χ4v) is 10.5. The van der Waals surface area contributed by atoms with E-state index in [1.54, 1.807) is 0 Å². The number of fused-ring (bicyclic) bond motifs is 2. The van der Waals surface area contributed by atoms with Crippen LogP contribution in [0.2, 0.25) is 0 Å². The standard InChI is InChI=1S/C68H54N4/c1-5-23-55(24-6-1)69(56-25-7-2-8-26-56)59-43-47-63(48-44-59)71(67-33-17-21-53-19-13-15-31-65(53)67)61-39-35-51(36-40-61)52-37-41-62(42-38-52)72(68-34-18-22-54-20-14-16-32-66(54)68)64-49-45-60(46-50-64)70(57-27-9-3-10-28-57)58-29-11-4-12-30-58/h1-15,17-29,31,33-50,58H,16,30,32H2. The van der Waals surface area contributed by atoms with Gasteiger partial charge in [-0.1, -0.05) is 164 Å². The fourth-order valence-electron chi connectivity index (χ4n) is 10.5. The molecule has 12 rings (SSSR count). The molecule has 10 aromatic rings. The molecule has 0 bridgehead atoms. The quantitative estimate of drug-likeness (QED) is 0.114. The van der Waals surface area contributed by atoms with E-state index in [2.05, 4.69) is 305 Å². The minimum atomic E-state index is 0.235. The van der Waals surface area contributed by atoms with Gasteiger partial charge in [0.1, 0.15) is 0 Å². The number of para-hydroxylation sites is 3. The van der Waals surface area contributed by atoms with E-state index < -0.39 is 0 Å². The normalized spacial score (nSPS) is 13.6. The molecule has 0 spiro atoms. The fraction of sp³-hybridized carbons (Fsp3) is 0.0588. The van der Waals surface area contributed by atoms with Crippen molar-refractivity contribution in [2.45, 2.75) is 25.3 Å². The van der Waals surface area contributed by atoms with Gasteiger partial charge in [-0.15, -0.1) is 0 Å². The molecule has 0 heterocycles. The first-order chi connectivity index (χ1) is 35.7. The maximum Gasteiger partial charge on any atom is 0.0559 e. The number of nitrogens with zero attached hydrogens (tertiary/aromatic N) is 4. The highest BCUT2D eigenvalue weighted by atomic mass is 15.2. The van der Waals surface area contributed by atoms with Crippen molar-refractivity contribution in [1.82, 2.24) is 0 Å². The lowest BCUT2D eigenvalue weighted by atomic mass is 9.94. The van der Waals surface area contributed by atoms with Gasteiger partial charge in [-0.05, 0) is 168 Å². The molecule has 10 aromatic carbocycles. The molecular formula is C68H54N4. The molecule has 0 saturated carbocycles. The Labute approximate surface area is 423 Å². The molecule has 0 amide bonds. The van der Waals surface area contributed by atoms with Gasteiger partial charge in [0.2, 0.25) is 0 Å². The number of anilines is 11.